The van der Waals surface area contributed by atoms with Crippen molar-refractivity contribution < 1.29 is 26.7 Å². The third kappa shape index (κ3) is 5.22. The average Bonchev–Trinajstić information content (AvgIpc) is 3.06. The highest BCUT2D eigenvalue weighted by molar-refractivity contribution is 7.85. The smallest absolute Gasteiger partial charge is 0.424 e. The van der Waals surface area contributed by atoms with Gasteiger partial charge in [0.05, 0.1) is 5.92 Å². The van der Waals surface area contributed by atoms with Crippen LogP contribution < -0.4 is 8.91 Å². The number of carbonyl (C=O) groups excluding carboxylic acids is 1. The Labute approximate surface area is 198 Å². The second-order valence-electron chi connectivity index (χ2n) is 9.81. The van der Waals surface area contributed by atoms with Gasteiger partial charge in [0.15, 0.2) is 0 Å². The van der Waals surface area contributed by atoms with E-state index in [4.69, 9.17) is 13.4 Å². The van der Waals surface area contributed by atoms with Crippen LogP contribution in [0, 0.1) is 5.41 Å². The van der Waals surface area contributed by atoms with E-state index >= 15 is 0 Å². The molecule has 34 heavy (non-hydrogen) atoms. The number of aromatic nitrogens is 2. The number of nitrogens with one attached hydrogen (secondary N) is 1. The number of hydrogen-bond acceptors (Lipinski definition) is 8. The highest BCUT2D eigenvalue weighted by atomic mass is 32.2. The van der Waals surface area contributed by atoms with Gasteiger partial charge < -0.3 is 13.4 Å². The summed E-state index contributed by atoms with van der Waals surface area (Å²) < 4.78 is 41.5. The topological polar surface area (TPSA) is 121 Å². The van der Waals surface area contributed by atoms with Gasteiger partial charge >= 0.3 is 16.4 Å². The molecule has 1 N–H and O–H groups in total. The lowest BCUT2D eigenvalue weighted by Gasteiger charge is -2.19. The molecule has 1 fully saturated rings. The Morgan fingerprint density at radius 3 is 2.29 bits per heavy atom. The van der Waals surface area contributed by atoms with E-state index in [1.54, 1.807) is 49.8 Å². The molecule has 1 aliphatic rings. The molecule has 2 atom stereocenters. The molecular formula is C24H27N3O6S. The molecule has 0 saturated heterocycles. The normalized spacial score (nSPS) is 19.3. The predicted molar refractivity (Wildman–Crippen MR) is 124 cm³/mol. The summed E-state index contributed by atoms with van der Waals surface area (Å²) in [5.41, 5.74) is 0.914. The molecule has 0 bridgehead atoms. The molecular weight excluding hydrogens is 458 g/mol. The van der Waals surface area contributed by atoms with Crippen LogP contribution in [0.15, 0.2) is 59.1 Å². The van der Waals surface area contributed by atoms with Gasteiger partial charge in [0.2, 0.25) is 11.7 Å². The van der Waals surface area contributed by atoms with E-state index in [1.807, 2.05) is 30.3 Å². The molecule has 0 spiro atoms. The zero-order valence-corrected chi connectivity index (χ0v) is 20.4. The monoisotopic (exact) mass is 485 g/mol. The number of benzene rings is 2. The van der Waals surface area contributed by atoms with Gasteiger partial charge in [0.1, 0.15) is 11.4 Å². The van der Waals surface area contributed by atoms with Crippen molar-refractivity contribution in [3.05, 3.63) is 66.1 Å². The number of hydrogen-bond donors (Lipinski definition) is 1. The second-order valence-corrected chi connectivity index (χ2v) is 11.1. The van der Waals surface area contributed by atoms with Gasteiger partial charge in [-0.3, -0.25) is 0 Å². The lowest BCUT2D eigenvalue weighted by atomic mass is 10.0. The van der Waals surface area contributed by atoms with Crippen LogP contribution >= 0.6 is 0 Å². The SMILES string of the molecule is CC(C)(C)OC(=O)NS(=O)(=O)Oc1ccc(C2C(c3nc(-c4ccccc4)no3)C2(C)C)cc1. The lowest BCUT2D eigenvalue weighted by Crippen LogP contribution is -2.38. The van der Waals surface area contributed by atoms with Crippen LogP contribution in [-0.2, 0) is 15.0 Å². The van der Waals surface area contributed by atoms with Gasteiger partial charge in [-0.25, -0.2) is 4.79 Å². The summed E-state index contributed by atoms with van der Waals surface area (Å²) >= 11 is 0. The molecule has 0 radical (unpaired) electrons. The first-order chi connectivity index (χ1) is 15.9. The lowest BCUT2D eigenvalue weighted by molar-refractivity contribution is 0.0567. The van der Waals surface area contributed by atoms with Crippen molar-refractivity contribution in [1.82, 2.24) is 14.9 Å². The highest BCUT2D eigenvalue weighted by Crippen LogP contribution is 2.69. The summed E-state index contributed by atoms with van der Waals surface area (Å²) in [4.78, 5) is 16.3. The van der Waals surface area contributed by atoms with Crippen LogP contribution in [0.2, 0.25) is 0 Å². The standard InChI is InChI=1S/C24H27N3O6S/c1-23(2,3)31-22(28)27-34(29,30)33-17-13-11-15(12-14-17)18-19(24(18,4)5)21-25-20(26-32-21)16-9-7-6-8-10-16/h6-14,18-19H,1-5H3,(H,27,28). The fraction of sp³-hybridized carbons (Fsp3) is 0.375. The Kier molecular flexibility index (Phi) is 5.89. The number of nitrogens with zero attached hydrogens (tertiary/aromatic N) is 2. The Hall–Kier alpha value is -3.40. The largest absolute Gasteiger partial charge is 0.443 e. The number of amides is 1. The minimum atomic E-state index is -4.38. The molecule has 9 nitrogen and oxygen atoms in total. The van der Waals surface area contributed by atoms with Gasteiger partial charge in [-0.1, -0.05) is 61.5 Å². The molecule has 1 amide bonds. The Morgan fingerprint density at radius 2 is 1.68 bits per heavy atom. The highest BCUT2D eigenvalue weighted by Gasteiger charge is 2.62. The van der Waals surface area contributed by atoms with E-state index in [2.05, 4.69) is 24.0 Å². The Morgan fingerprint density at radius 1 is 1.03 bits per heavy atom. The summed E-state index contributed by atoms with van der Waals surface area (Å²) in [6, 6.07) is 16.3. The number of rotatable bonds is 6. The first-order valence-corrected chi connectivity index (χ1v) is 12.2. The zero-order valence-electron chi connectivity index (χ0n) is 19.6. The van der Waals surface area contributed by atoms with Crippen LogP contribution in [0.5, 0.6) is 5.75 Å². The summed E-state index contributed by atoms with van der Waals surface area (Å²) in [5.74, 6) is 1.32. The van der Waals surface area contributed by atoms with Crippen molar-refractivity contribution in [1.29, 1.82) is 0 Å². The van der Waals surface area contributed by atoms with Crippen LogP contribution in [0.4, 0.5) is 4.79 Å². The van der Waals surface area contributed by atoms with Crippen molar-refractivity contribution in [2.75, 3.05) is 0 Å². The predicted octanol–water partition coefficient (Wildman–Crippen LogP) is 4.79. The fourth-order valence-corrected chi connectivity index (χ4v) is 4.72. The van der Waals surface area contributed by atoms with Gasteiger partial charge in [-0.05, 0) is 43.9 Å². The maximum atomic E-state index is 12.1. The first kappa shape index (κ1) is 23.7. The molecule has 2 unspecified atom stereocenters. The third-order valence-electron chi connectivity index (χ3n) is 5.62. The van der Waals surface area contributed by atoms with Crippen molar-refractivity contribution >= 4 is 16.4 Å². The summed E-state index contributed by atoms with van der Waals surface area (Å²) in [6.07, 6.45) is -1.11. The molecule has 1 saturated carbocycles. The van der Waals surface area contributed by atoms with Gasteiger partial charge in [-0.2, -0.15) is 18.1 Å². The molecule has 2 aromatic carbocycles. The molecule has 180 valence electrons. The van der Waals surface area contributed by atoms with Gasteiger partial charge in [0, 0.05) is 11.5 Å². The summed E-state index contributed by atoms with van der Waals surface area (Å²) in [7, 11) is -4.38. The molecule has 1 heterocycles. The van der Waals surface area contributed by atoms with Crippen molar-refractivity contribution in [2.24, 2.45) is 5.41 Å². The molecule has 4 rings (SSSR count). The Balaban J connectivity index is 1.44. The van der Waals surface area contributed by atoms with Crippen molar-refractivity contribution in [2.45, 2.75) is 52.1 Å². The van der Waals surface area contributed by atoms with Crippen LogP contribution in [-0.4, -0.2) is 30.3 Å². The minimum absolute atomic E-state index is 0.0294. The van der Waals surface area contributed by atoms with E-state index < -0.39 is 22.0 Å². The third-order valence-corrected chi connectivity index (χ3v) is 6.45. The van der Waals surface area contributed by atoms with Crippen molar-refractivity contribution in [3.8, 4) is 17.1 Å². The Bertz CT molecular complexity index is 1280. The van der Waals surface area contributed by atoms with Gasteiger partial charge in [-0.15, -0.1) is 0 Å². The summed E-state index contributed by atoms with van der Waals surface area (Å²) in [5, 5.41) is 4.12. The quantitative estimate of drug-likeness (QED) is 0.529. The van der Waals surface area contributed by atoms with E-state index in [0.29, 0.717) is 11.7 Å². The molecule has 10 heteroatoms. The second kappa shape index (κ2) is 8.43. The fourth-order valence-electron chi connectivity index (χ4n) is 4.07. The van der Waals surface area contributed by atoms with E-state index in [9.17, 15) is 13.2 Å². The molecule has 0 aliphatic heterocycles. The maximum Gasteiger partial charge on any atom is 0.424 e. The van der Waals surface area contributed by atoms with Crippen molar-refractivity contribution in [3.63, 3.8) is 0 Å². The van der Waals surface area contributed by atoms with Crippen LogP contribution in [0.25, 0.3) is 11.4 Å². The maximum absolute atomic E-state index is 12.1. The van der Waals surface area contributed by atoms with Crippen LogP contribution in [0.1, 0.15) is 57.9 Å². The van der Waals surface area contributed by atoms with E-state index in [-0.39, 0.29) is 23.0 Å². The van der Waals surface area contributed by atoms with E-state index in [1.165, 1.54) is 0 Å². The van der Waals surface area contributed by atoms with Gasteiger partial charge in [0.25, 0.3) is 0 Å². The number of carbonyl (C=O) groups is 1. The zero-order chi connectivity index (χ0) is 24.7. The average molecular weight is 486 g/mol. The molecule has 1 aliphatic carbocycles. The van der Waals surface area contributed by atoms with E-state index in [0.717, 1.165) is 11.1 Å². The first-order valence-electron chi connectivity index (χ1n) is 10.8. The minimum Gasteiger partial charge on any atom is -0.443 e. The molecule has 3 aromatic rings. The summed E-state index contributed by atoms with van der Waals surface area (Å²) in [6.45, 7) is 9.12. The molecule has 1 aromatic heterocycles. The number of ether oxygens (including phenoxy) is 1. The van der Waals surface area contributed by atoms with Crippen LogP contribution in [0.3, 0.4) is 0 Å².